The topological polar surface area (TPSA) is 70.9 Å². The van der Waals surface area contributed by atoms with Gasteiger partial charge in [0.1, 0.15) is 0 Å². The highest BCUT2D eigenvalue weighted by Crippen LogP contribution is 2.32. The number of hydrogen-bond acceptors (Lipinski definition) is 3. The fraction of sp³-hybridized carbons (Fsp3) is 0.375. The van der Waals surface area contributed by atoms with Crippen LogP contribution in [0.3, 0.4) is 0 Å². The Kier molecular flexibility index (Phi) is 3.31. The smallest absolute Gasteiger partial charge is 0.326 e. The van der Waals surface area contributed by atoms with Crippen molar-refractivity contribution in [2.45, 2.75) is 37.8 Å². The lowest BCUT2D eigenvalue weighted by Gasteiger charge is -2.26. The Morgan fingerprint density at radius 2 is 2.05 bits per heavy atom. The van der Waals surface area contributed by atoms with Crippen molar-refractivity contribution in [1.29, 1.82) is 0 Å². The largest absolute Gasteiger partial charge is 0.393 e. The van der Waals surface area contributed by atoms with Crippen LogP contribution in [-0.4, -0.2) is 25.7 Å². The second-order valence-corrected chi connectivity index (χ2v) is 6.86. The van der Waals surface area contributed by atoms with Crippen LogP contribution in [0, 0.1) is 0 Å². The molecule has 0 bridgehead atoms. The maximum atomic E-state index is 12.5. The van der Waals surface area contributed by atoms with Crippen LogP contribution in [0.25, 0.3) is 21.9 Å². The van der Waals surface area contributed by atoms with E-state index in [1.165, 1.54) is 0 Å². The summed E-state index contributed by atoms with van der Waals surface area (Å²) in [7, 11) is 0. The first-order valence-corrected chi connectivity index (χ1v) is 8.29. The summed E-state index contributed by atoms with van der Waals surface area (Å²) in [5.41, 5.74) is 2.46. The summed E-state index contributed by atoms with van der Waals surface area (Å²) in [6.07, 6.45) is 4.64. The number of aliphatic hydroxyl groups is 1. The van der Waals surface area contributed by atoms with Crippen molar-refractivity contribution < 1.29 is 5.11 Å². The maximum Gasteiger partial charge on any atom is 0.326 e. The lowest BCUT2D eigenvalue weighted by molar-refractivity contribution is 0.111. The molecule has 1 fully saturated rings. The molecule has 114 valence electrons. The number of nitrogens with zero attached hydrogens (tertiary/aromatic N) is 2. The number of halogens is 1. The highest BCUT2D eigenvalue weighted by atomic mass is 79.9. The van der Waals surface area contributed by atoms with Gasteiger partial charge in [0.2, 0.25) is 0 Å². The molecule has 1 aliphatic rings. The number of rotatable bonds is 1. The number of hydrogen-bond donors (Lipinski definition) is 2. The molecule has 2 heterocycles. The van der Waals surface area contributed by atoms with Crippen LogP contribution in [-0.2, 0) is 0 Å². The zero-order chi connectivity index (χ0) is 15.3. The summed E-state index contributed by atoms with van der Waals surface area (Å²) in [6, 6.07) is 6.04. The lowest BCUT2D eigenvalue weighted by atomic mass is 9.93. The molecule has 3 aromatic rings. The standard InChI is InChI=1S/C16H16BrN3O2/c17-9-1-6-13-12(7-9)15-14(8-18-13)19-16(22)20(15)10-2-4-11(21)5-3-10/h1,6-8,10-11,21H,2-5H2,(H,19,22)/t10-,11+. The zero-order valence-corrected chi connectivity index (χ0v) is 13.5. The third-order valence-electron chi connectivity index (χ3n) is 4.53. The highest BCUT2D eigenvalue weighted by molar-refractivity contribution is 9.10. The molecule has 0 radical (unpaired) electrons. The number of H-pyrrole nitrogens is 1. The normalized spacial score (nSPS) is 22.5. The Morgan fingerprint density at radius 3 is 2.82 bits per heavy atom. The third-order valence-corrected chi connectivity index (χ3v) is 5.03. The van der Waals surface area contributed by atoms with Gasteiger partial charge in [-0.25, -0.2) is 4.79 Å². The minimum absolute atomic E-state index is 0.0920. The van der Waals surface area contributed by atoms with Crippen molar-refractivity contribution in [3.8, 4) is 0 Å². The Hall–Kier alpha value is -1.66. The first-order chi connectivity index (χ1) is 10.6. The SMILES string of the molecule is O=c1[nH]c2cnc3ccc(Br)cc3c2n1[C@H]1CC[C@@H](O)CC1. The maximum absolute atomic E-state index is 12.5. The molecule has 2 aromatic heterocycles. The van der Waals surface area contributed by atoms with E-state index in [9.17, 15) is 9.90 Å². The molecule has 1 saturated carbocycles. The predicted molar refractivity (Wildman–Crippen MR) is 89.1 cm³/mol. The molecule has 0 unspecified atom stereocenters. The summed E-state index contributed by atoms with van der Waals surface area (Å²) in [4.78, 5) is 19.8. The number of aliphatic hydroxyl groups excluding tert-OH is 1. The number of pyridine rings is 1. The van der Waals surface area contributed by atoms with E-state index in [2.05, 4.69) is 25.9 Å². The van der Waals surface area contributed by atoms with Crippen molar-refractivity contribution in [1.82, 2.24) is 14.5 Å². The van der Waals surface area contributed by atoms with Crippen LogP contribution in [0.15, 0.2) is 33.7 Å². The zero-order valence-electron chi connectivity index (χ0n) is 11.9. The Bertz CT molecular complexity index is 907. The molecule has 0 atom stereocenters. The van der Waals surface area contributed by atoms with Crippen molar-refractivity contribution >= 4 is 37.9 Å². The minimum Gasteiger partial charge on any atom is -0.393 e. The van der Waals surface area contributed by atoms with Gasteiger partial charge in [-0.15, -0.1) is 0 Å². The molecular formula is C16H16BrN3O2. The van der Waals surface area contributed by atoms with Gasteiger partial charge in [-0.1, -0.05) is 15.9 Å². The first-order valence-electron chi connectivity index (χ1n) is 7.50. The summed E-state index contributed by atoms with van der Waals surface area (Å²) in [5, 5.41) is 10.7. The van der Waals surface area contributed by atoms with E-state index < -0.39 is 0 Å². The van der Waals surface area contributed by atoms with Crippen molar-refractivity contribution in [2.24, 2.45) is 0 Å². The average molecular weight is 362 g/mol. The number of aromatic amines is 1. The Morgan fingerprint density at radius 1 is 1.27 bits per heavy atom. The van der Waals surface area contributed by atoms with Gasteiger partial charge in [-0.2, -0.15) is 0 Å². The molecule has 0 amide bonds. The predicted octanol–water partition coefficient (Wildman–Crippen LogP) is 3.12. The fourth-order valence-corrected chi connectivity index (χ4v) is 3.80. The summed E-state index contributed by atoms with van der Waals surface area (Å²) >= 11 is 3.49. The lowest BCUT2D eigenvalue weighted by Crippen LogP contribution is -2.27. The van der Waals surface area contributed by atoms with E-state index in [1.54, 1.807) is 6.20 Å². The average Bonchev–Trinajstić information content (AvgIpc) is 2.84. The van der Waals surface area contributed by atoms with Crippen LogP contribution >= 0.6 is 15.9 Å². The molecule has 2 N–H and O–H groups in total. The van der Waals surface area contributed by atoms with Crippen LogP contribution in [0.4, 0.5) is 0 Å². The van der Waals surface area contributed by atoms with Gasteiger partial charge < -0.3 is 10.1 Å². The second kappa shape index (κ2) is 5.21. The molecule has 0 spiro atoms. The van der Waals surface area contributed by atoms with Crippen molar-refractivity contribution in [2.75, 3.05) is 0 Å². The van der Waals surface area contributed by atoms with Crippen molar-refractivity contribution in [3.05, 3.63) is 39.4 Å². The van der Waals surface area contributed by atoms with Crippen LogP contribution in [0.1, 0.15) is 31.7 Å². The molecule has 1 aromatic carbocycles. The Balaban J connectivity index is 1.99. The van der Waals surface area contributed by atoms with Gasteiger partial charge in [-0.05, 0) is 43.9 Å². The molecule has 0 saturated heterocycles. The van der Waals surface area contributed by atoms with Crippen LogP contribution in [0.2, 0.25) is 0 Å². The summed E-state index contributed by atoms with van der Waals surface area (Å²) in [5.74, 6) is 0. The number of fused-ring (bicyclic) bond motifs is 3. The second-order valence-electron chi connectivity index (χ2n) is 5.94. The molecular weight excluding hydrogens is 346 g/mol. The molecule has 22 heavy (non-hydrogen) atoms. The van der Waals surface area contributed by atoms with Gasteiger partial charge in [0.05, 0.1) is 28.9 Å². The molecule has 4 rings (SSSR count). The monoisotopic (exact) mass is 361 g/mol. The number of nitrogens with one attached hydrogen (secondary N) is 1. The van der Waals surface area contributed by atoms with Gasteiger partial charge in [0.15, 0.2) is 0 Å². The summed E-state index contributed by atoms with van der Waals surface area (Å²) < 4.78 is 2.83. The van der Waals surface area contributed by atoms with E-state index in [1.807, 2.05) is 22.8 Å². The molecule has 0 aliphatic heterocycles. The molecule has 6 heteroatoms. The minimum atomic E-state index is -0.232. The van der Waals surface area contributed by atoms with Gasteiger partial charge in [-0.3, -0.25) is 9.55 Å². The van der Waals surface area contributed by atoms with Gasteiger partial charge in [0, 0.05) is 15.9 Å². The first kappa shape index (κ1) is 14.0. The van der Waals surface area contributed by atoms with E-state index in [0.29, 0.717) is 0 Å². The fourth-order valence-electron chi connectivity index (χ4n) is 3.44. The van der Waals surface area contributed by atoms with E-state index in [-0.39, 0.29) is 17.8 Å². The number of benzene rings is 1. The van der Waals surface area contributed by atoms with E-state index in [4.69, 9.17) is 0 Å². The summed E-state index contributed by atoms with van der Waals surface area (Å²) in [6.45, 7) is 0. The van der Waals surface area contributed by atoms with Gasteiger partial charge >= 0.3 is 5.69 Å². The Labute approximate surface area is 135 Å². The van der Waals surface area contributed by atoms with E-state index in [0.717, 1.165) is 52.1 Å². The van der Waals surface area contributed by atoms with E-state index >= 15 is 0 Å². The quantitative estimate of drug-likeness (QED) is 0.699. The highest BCUT2D eigenvalue weighted by Gasteiger charge is 2.24. The van der Waals surface area contributed by atoms with Gasteiger partial charge in [0.25, 0.3) is 0 Å². The molecule has 1 aliphatic carbocycles. The van der Waals surface area contributed by atoms with Crippen LogP contribution in [0.5, 0.6) is 0 Å². The molecule has 5 nitrogen and oxygen atoms in total. The number of aromatic nitrogens is 3. The third kappa shape index (κ3) is 2.18. The van der Waals surface area contributed by atoms with Crippen molar-refractivity contribution in [3.63, 3.8) is 0 Å². The number of imidazole rings is 1. The van der Waals surface area contributed by atoms with Crippen LogP contribution < -0.4 is 5.69 Å².